The molecule has 8 heteroatoms. The molecule has 6 nitrogen and oxygen atoms in total. The van der Waals surface area contributed by atoms with Crippen LogP contribution in [0.5, 0.6) is 0 Å². The minimum absolute atomic E-state index is 0.0504. The third kappa shape index (κ3) is 4.57. The minimum atomic E-state index is -3.92. The van der Waals surface area contributed by atoms with Gasteiger partial charge in [-0.25, -0.2) is 16.8 Å². The third-order valence-corrected chi connectivity index (χ3v) is 9.31. The van der Waals surface area contributed by atoms with Crippen LogP contribution in [0, 0.1) is 6.92 Å². The van der Waals surface area contributed by atoms with Gasteiger partial charge in [-0.15, -0.1) is 0 Å². The number of sulfonamides is 2. The molecule has 32 heavy (non-hydrogen) atoms. The van der Waals surface area contributed by atoms with Crippen LogP contribution in [0.15, 0.2) is 88.7 Å². The molecule has 0 aliphatic carbocycles. The molecule has 0 unspecified atom stereocenters. The summed E-state index contributed by atoms with van der Waals surface area (Å²) in [6, 6.07) is 22.2. The van der Waals surface area contributed by atoms with E-state index in [9.17, 15) is 16.8 Å². The maximum Gasteiger partial charge on any atom is 0.264 e. The number of anilines is 1. The third-order valence-electron chi connectivity index (χ3n) is 5.61. The van der Waals surface area contributed by atoms with Crippen molar-refractivity contribution in [1.29, 1.82) is 0 Å². The molecule has 3 aromatic rings. The van der Waals surface area contributed by atoms with Gasteiger partial charge in [0.1, 0.15) is 0 Å². The van der Waals surface area contributed by atoms with Gasteiger partial charge in [0.15, 0.2) is 0 Å². The average molecular weight is 471 g/mol. The average Bonchev–Trinajstić information content (AvgIpc) is 3.35. The highest BCUT2D eigenvalue weighted by molar-refractivity contribution is 7.92. The first-order chi connectivity index (χ1) is 15.3. The van der Waals surface area contributed by atoms with E-state index in [1.54, 1.807) is 12.1 Å². The van der Waals surface area contributed by atoms with Gasteiger partial charge in [0.25, 0.3) is 10.0 Å². The van der Waals surface area contributed by atoms with Crippen LogP contribution in [0.1, 0.15) is 24.0 Å². The highest BCUT2D eigenvalue weighted by Gasteiger charge is 2.29. The van der Waals surface area contributed by atoms with Crippen LogP contribution in [0.4, 0.5) is 5.69 Å². The lowest BCUT2D eigenvalue weighted by Gasteiger charge is -2.25. The summed E-state index contributed by atoms with van der Waals surface area (Å²) in [6.07, 6.45) is 1.69. The molecule has 0 spiro atoms. The molecule has 1 aliphatic rings. The quantitative estimate of drug-likeness (QED) is 0.519. The van der Waals surface area contributed by atoms with Crippen LogP contribution in [-0.2, 0) is 26.6 Å². The second kappa shape index (κ2) is 9.05. The molecule has 4 rings (SSSR count). The van der Waals surface area contributed by atoms with Crippen molar-refractivity contribution in [2.45, 2.75) is 36.1 Å². The molecule has 0 radical (unpaired) electrons. The highest BCUT2D eigenvalue weighted by Crippen LogP contribution is 2.28. The number of benzene rings is 3. The largest absolute Gasteiger partial charge is 0.264 e. The number of hydrogen-bond acceptors (Lipinski definition) is 4. The van der Waals surface area contributed by atoms with Gasteiger partial charge in [0, 0.05) is 13.1 Å². The summed E-state index contributed by atoms with van der Waals surface area (Å²) in [5.41, 5.74) is 2.43. The molecule has 1 aliphatic heterocycles. The molecule has 1 fully saturated rings. The Hall–Kier alpha value is -2.68. The molecule has 3 aromatic carbocycles. The summed E-state index contributed by atoms with van der Waals surface area (Å²) in [6.45, 7) is 3.11. The van der Waals surface area contributed by atoms with Crippen LogP contribution >= 0.6 is 0 Å². The predicted octanol–water partition coefficient (Wildman–Crippen LogP) is 4.18. The van der Waals surface area contributed by atoms with E-state index in [1.165, 1.54) is 32.9 Å². The molecule has 168 valence electrons. The van der Waals surface area contributed by atoms with E-state index in [0.717, 1.165) is 24.0 Å². The summed E-state index contributed by atoms with van der Waals surface area (Å²) >= 11 is 0. The van der Waals surface area contributed by atoms with Crippen LogP contribution in [-0.4, -0.2) is 34.2 Å². The lowest BCUT2D eigenvalue weighted by Crippen LogP contribution is -2.31. The molecule has 0 bridgehead atoms. The zero-order valence-corrected chi connectivity index (χ0v) is 19.5. The van der Waals surface area contributed by atoms with Gasteiger partial charge in [-0.05, 0) is 61.7 Å². The van der Waals surface area contributed by atoms with Crippen LogP contribution in [0.2, 0.25) is 0 Å². The van der Waals surface area contributed by atoms with E-state index in [1.807, 2.05) is 49.4 Å². The van der Waals surface area contributed by atoms with Gasteiger partial charge >= 0.3 is 0 Å². The fourth-order valence-corrected chi connectivity index (χ4v) is 6.73. The van der Waals surface area contributed by atoms with Crippen molar-refractivity contribution in [2.24, 2.45) is 0 Å². The Bertz CT molecular complexity index is 1270. The van der Waals surface area contributed by atoms with E-state index < -0.39 is 20.0 Å². The number of aryl methyl sites for hydroxylation is 1. The first-order valence-electron chi connectivity index (χ1n) is 10.5. The summed E-state index contributed by atoms with van der Waals surface area (Å²) in [4.78, 5) is 0.165. The molecule has 1 heterocycles. The van der Waals surface area contributed by atoms with Crippen molar-refractivity contribution in [3.8, 4) is 0 Å². The Morgan fingerprint density at radius 3 is 1.91 bits per heavy atom. The number of nitrogens with zero attached hydrogens (tertiary/aromatic N) is 2. The lowest BCUT2D eigenvalue weighted by atomic mass is 10.2. The van der Waals surface area contributed by atoms with Gasteiger partial charge < -0.3 is 0 Å². The molecular weight excluding hydrogens is 444 g/mol. The van der Waals surface area contributed by atoms with E-state index in [0.29, 0.717) is 18.8 Å². The molecule has 0 amide bonds. The van der Waals surface area contributed by atoms with E-state index in [2.05, 4.69) is 0 Å². The van der Waals surface area contributed by atoms with Crippen molar-refractivity contribution < 1.29 is 16.8 Å². The van der Waals surface area contributed by atoms with E-state index >= 15 is 0 Å². The van der Waals surface area contributed by atoms with Crippen molar-refractivity contribution in [2.75, 3.05) is 17.4 Å². The van der Waals surface area contributed by atoms with E-state index in [4.69, 9.17) is 0 Å². The first-order valence-corrected chi connectivity index (χ1v) is 13.4. The fourth-order valence-electron chi connectivity index (χ4n) is 3.76. The monoisotopic (exact) mass is 470 g/mol. The van der Waals surface area contributed by atoms with Gasteiger partial charge in [-0.2, -0.15) is 4.31 Å². The van der Waals surface area contributed by atoms with Crippen LogP contribution in [0.3, 0.4) is 0 Å². The SMILES string of the molecule is Cc1ccc(N(Cc2ccccc2)S(=O)(=O)c2ccc(S(=O)(=O)N3CCCC3)cc2)cc1. The van der Waals surface area contributed by atoms with Crippen molar-refractivity contribution in [1.82, 2.24) is 4.31 Å². The molecule has 0 saturated carbocycles. The zero-order chi connectivity index (χ0) is 22.8. The summed E-state index contributed by atoms with van der Waals surface area (Å²) in [5, 5.41) is 0. The van der Waals surface area contributed by atoms with Gasteiger partial charge in [0.05, 0.1) is 22.0 Å². The van der Waals surface area contributed by atoms with Crippen molar-refractivity contribution >= 4 is 25.7 Å². The summed E-state index contributed by atoms with van der Waals surface area (Å²) < 4.78 is 55.6. The fraction of sp³-hybridized carbons (Fsp3) is 0.250. The topological polar surface area (TPSA) is 74.8 Å². The van der Waals surface area contributed by atoms with E-state index in [-0.39, 0.29) is 16.3 Å². The van der Waals surface area contributed by atoms with Gasteiger partial charge in [-0.1, -0.05) is 48.0 Å². The first kappa shape index (κ1) is 22.5. The van der Waals surface area contributed by atoms with Gasteiger partial charge in [-0.3, -0.25) is 4.31 Å². The Labute approximate surface area is 190 Å². The molecule has 0 N–H and O–H groups in total. The van der Waals surface area contributed by atoms with Crippen LogP contribution < -0.4 is 4.31 Å². The maximum absolute atomic E-state index is 13.6. The molecule has 0 aromatic heterocycles. The normalized spacial score (nSPS) is 15.0. The lowest BCUT2D eigenvalue weighted by molar-refractivity contribution is 0.477. The summed E-state index contributed by atoms with van der Waals surface area (Å²) in [5.74, 6) is 0. The second-order valence-corrected chi connectivity index (χ2v) is 11.7. The molecular formula is C24H26N2O4S2. The minimum Gasteiger partial charge on any atom is -0.262 e. The smallest absolute Gasteiger partial charge is 0.262 e. The Morgan fingerprint density at radius 2 is 1.31 bits per heavy atom. The Balaban J connectivity index is 1.69. The van der Waals surface area contributed by atoms with Crippen molar-refractivity contribution in [3.63, 3.8) is 0 Å². The number of hydrogen-bond donors (Lipinski definition) is 0. The molecule has 1 saturated heterocycles. The second-order valence-electron chi connectivity index (χ2n) is 7.92. The van der Waals surface area contributed by atoms with Crippen LogP contribution in [0.25, 0.3) is 0 Å². The number of rotatable bonds is 7. The predicted molar refractivity (Wildman–Crippen MR) is 125 cm³/mol. The zero-order valence-electron chi connectivity index (χ0n) is 17.9. The Kier molecular flexibility index (Phi) is 6.37. The summed E-state index contributed by atoms with van der Waals surface area (Å²) in [7, 11) is -7.52. The maximum atomic E-state index is 13.6. The highest BCUT2D eigenvalue weighted by atomic mass is 32.2. The Morgan fingerprint density at radius 1 is 0.750 bits per heavy atom. The standard InChI is InChI=1S/C24H26N2O4S2/c1-20-9-11-22(12-10-20)26(19-21-7-3-2-4-8-21)32(29,30)24-15-13-23(14-16-24)31(27,28)25-17-5-6-18-25/h2-4,7-16H,5-6,17-19H2,1H3. The van der Waals surface area contributed by atoms with Gasteiger partial charge in [0.2, 0.25) is 10.0 Å². The van der Waals surface area contributed by atoms with Crippen molar-refractivity contribution in [3.05, 3.63) is 90.0 Å². The molecule has 0 atom stereocenters.